The predicted octanol–water partition coefficient (Wildman–Crippen LogP) is 6.88. The smallest absolute Gasteiger partial charge is 0.192 e. The van der Waals surface area contributed by atoms with Gasteiger partial charge in [-0.25, -0.2) is 4.98 Å². The Kier molecular flexibility index (Phi) is 6.20. The van der Waals surface area contributed by atoms with Gasteiger partial charge in [-0.3, -0.25) is 4.57 Å². The zero-order valence-corrected chi connectivity index (χ0v) is 19.3. The number of thiazole rings is 1. The van der Waals surface area contributed by atoms with Crippen LogP contribution in [0.1, 0.15) is 16.1 Å². The van der Waals surface area contributed by atoms with Gasteiger partial charge in [0.2, 0.25) is 0 Å². The molecule has 3 heterocycles. The van der Waals surface area contributed by atoms with E-state index in [1.165, 1.54) is 10.4 Å². The molecule has 0 unspecified atom stereocenters. The lowest BCUT2D eigenvalue weighted by molar-refractivity contribution is 0.731. The van der Waals surface area contributed by atoms with Crippen LogP contribution in [0, 0.1) is 13.8 Å². The number of aryl methyl sites for hydroxylation is 1. The van der Waals surface area contributed by atoms with Crippen molar-refractivity contribution >= 4 is 46.0 Å². The molecule has 0 aliphatic rings. The number of hydrogen-bond acceptors (Lipinski definition) is 6. The fraction of sp³-hybridized carbons (Fsp3) is 0.190. The van der Waals surface area contributed by atoms with Gasteiger partial charge in [-0.15, -0.1) is 39.4 Å². The van der Waals surface area contributed by atoms with Crippen LogP contribution >= 0.6 is 46.0 Å². The molecular weight excluding hydrogens is 440 g/mol. The van der Waals surface area contributed by atoms with Crippen LogP contribution in [0.4, 0.5) is 0 Å². The molecule has 1 aromatic carbocycles. The number of aromatic nitrogens is 4. The van der Waals surface area contributed by atoms with E-state index in [4.69, 9.17) is 16.6 Å². The highest BCUT2D eigenvalue weighted by atomic mass is 35.5. The van der Waals surface area contributed by atoms with Gasteiger partial charge in [0.15, 0.2) is 11.0 Å². The highest BCUT2D eigenvalue weighted by molar-refractivity contribution is 7.98. The lowest BCUT2D eigenvalue weighted by atomic mass is 10.1. The SMILES string of the molecule is C=CCn1c(SCc2csc(-c3ccccc3Cl)n2)nnc1-c1csc(C)c1C. The first kappa shape index (κ1) is 20.3. The van der Waals surface area contributed by atoms with E-state index in [1.807, 2.05) is 30.3 Å². The summed E-state index contributed by atoms with van der Waals surface area (Å²) in [6.07, 6.45) is 1.88. The summed E-state index contributed by atoms with van der Waals surface area (Å²) in [5.41, 5.74) is 4.37. The molecule has 8 heteroatoms. The first-order valence-electron chi connectivity index (χ1n) is 8.99. The highest BCUT2D eigenvalue weighted by Gasteiger charge is 2.18. The van der Waals surface area contributed by atoms with Crippen molar-refractivity contribution in [2.24, 2.45) is 0 Å². The Labute approximate surface area is 187 Å². The maximum atomic E-state index is 6.30. The first-order chi connectivity index (χ1) is 14.1. The summed E-state index contributed by atoms with van der Waals surface area (Å²) < 4.78 is 2.12. The minimum atomic E-state index is 0.668. The molecule has 0 fully saturated rings. The largest absolute Gasteiger partial charge is 0.298 e. The number of nitrogens with zero attached hydrogens (tertiary/aromatic N) is 4. The molecular formula is C21H19ClN4S3. The third kappa shape index (κ3) is 4.19. The highest BCUT2D eigenvalue weighted by Crippen LogP contribution is 2.34. The van der Waals surface area contributed by atoms with Crippen molar-refractivity contribution < 1.29 is 0 Å². The van der Waals surface area contributed by atoms with Crippen molar-refractivity contribution in [2.45, 2.75) is 31.3 Å². The van der Waals surface area contributed by atoms with Crippen LogP contribution in [0.5, 0.6) is 0 Å². The van der Waals surface area contributed by atoms with Gasteiger partial charge in [-0.1, -0.05) is 47.6 Å². The molecule has 0 radical (unpaired) electrons. The van der Waals surface area contributed by atoms with Crippen LogP contribution in [0.15, 0.2) is 52.8 Å². The molecule has 29 heavy (non-hydrogen) atoms. The van der Waals surface area contributed by atoms with Crippen molar-refractivity contribution in [3.05, 3.63) is 68.8 Å². The Morgan fingerprint density at radius 2 is 1.97 bits per heavy atom. The van der Waals surface area contributed by atoms with E-state index in [9.17, 15) is 0 Å². The number of hydrogen-bond donors (Lipinski definition) is 0. The van der Waals surface area contributed by atoms with Gasteiger partial charge in [0.25, 0.3) is 0 Å². The van der Waals surface area contributed by atoms with E-state index in [0.717, 1.165) is 43.6 Å². The summed E-state index contributed by atoms with van der Waals surface area (Å²) in [6, 6.07) is 7.79. The number of allylic oxidation sites excluding steroid dienone is 1. The molecule has 0 spiro atoms. The van der Waals surface area contributed by atoms with Crippen molar-refractivity contribution in [2.75, 3.05) is 0 Å². The molecule has 148 valence electrons. The van der Waals surface area contributed by atoms with Crippen LogP contribution in [0.2, 0.25) is 5.02 Å². The Morgan fingerprint density at radius 1 is 1.14 bits per heavy atom. The molecule has 0 N–H and O–H groups in total. The monoisotopic (exact) mass is 458 g/mol. The van der Waals surface area contributed by atoms with Gasteiger partial charge in [-0.05, 0) is 25.5 Å². The summed E-state index contributed by atoms with van der Waals surface area (Å²) in [7, 11) is 0. The second-order valence-corrected chi connectivity index (χ2v) is 9.74. The first-order valence-corrected chi connectivity index (χ1v) is 12.1. The van der Waals surface area contributed by atoms with Crippen LogP contribution in [-0.2, 0) is 12.3 Å². The number of benzene rings is 1. The summed E-state index contributed by atoms with van der Waals surface area (Å²) >= 11 is 11.3. The number of halogens is 1. The minimum absolute atomic E-state index is 0.668. The second kappa shape index (κ2) is 8.83. The Balaban J connectivity index is 1.56. The molecule has 0 atom stereocenters. The Morgan fingerprint density at radius 3 is 2.69 bits per heavy atom. The zero-order valence-electron chi connectivity index (χ0n) is 16.1. The molecule has 0 bridgehead atoms. The summed E-state index contributed by atoms with van der Waals surface area (Å²) in [6.45, 7) is 8.83. The van der Waals surface area contributed by atoms with Crippen molar-refractivity contribution in [3.63, 3.8) is 0 Å². The number of thioether (sulfide) groups is 1. The van der Waals surface area contributed by atoms with Crippen LogP contribution < -0.4 is 0 Å². The average Bonchev–Trinajstić information content (AvgIpc) is 3.42. The molecule has 0 amide bonds. The van der Waals surface area contributed by atoms with Crippen LogP contribution in [-0.4, -0.2) is 19.7 Å². The molecule has 4 aromatic rings. The van der Waals surface area contributed by atoms with Gasteiger partial charge in [0, 0.05) is 39.1 Å². The van der Waals surface area contributed by atoms with Gasteiger partial charge in [0.1, 0.15) is 5.01 Å². The summed E-state index contributed by atoms with van der Waals surface area (Å²) in [5.74, 6) is 1.61. The van der Waals surface area contributed by atoms with E-state index >= 15 is 0 Å². The van der Waals surface area contributed by atoms with E-state index < -0.39 is 0 Å². The third-order valence-electron chi connectivity index (χ3n) is 4.56. The second-order valence-electron chi connectivity index (χ2n) is 6.45. The van der Waals surface area contributed by atoms with Gasteiger partial charge < -0.3 is 0 Å². The maximum Gasteiger partial charge on any atom is 0.192 e. The molecule has 0 aliphatic heterocycles. The van der Waals surface area contributed by atoms with Crippen molar-refractivity contribution in [3.8, 4) is 22.0 Å². The van der Waals surface area contributed by atoms with Gasteiger partial charge in [0.05, 0.1) is 10.7 Å². The molecule has 0 saturated heterocycles. The molecule has 0 saturated carbocycles. The van der Waals surface area contributed by atoms with Gasteiger partial charge >= 0.3 is 0 Å². The zero-order chi connectivity index (χ0) is 20.4. The molecule has 0 aliphatic carbocycles. The Bertz CT molecular complexity index is 1160. The molecule has 3 aromatic heterocycles. The fourth-order valence-corrected chi connectivity index (χ4v) is 5.84. The van der Waals surface area contributed by atoms with E-state index in [0.29, 0.717) is 6.54 Å². The van der Waals surface area contributed by atoms with Crippen LogP contribution in [0.25, 0.3) is 22.0 Å². The topological polar surface area (TPSA) is 43.6 Å². The summed E-state index contributed by atoms with van der Waals surface area (Å²) in [5, 5.41) is 15.7. The lowest BCUT2D eigenvalue weighted by Crippen LogP contribution is -2.01. The molecule has 4 nitrogen and oxygen atoms in total. The van der Waals surface area contributed by atoms with E-state index in [1.54, 1.807) is 34.4 Å². The van der Waals surface area contributed by atoms with E-state index in [2.05, 4.69) is 46.0 Å². The molecule has 4 rings (SSSR count). The summed E-state index contributed by atoms with van der Waals surface area (Å²) in [4.78, 5) is 6.05. The average molecular weight is 459 g/mol. The lowest BCUT2D eigenvalue weighted by Gasteiger charge is -2.07. The van der Waals surface area contributed by atoms with Crippen molar-refractivity contribution in [1.29, 1.82) is 0 Å². The quantitative estimate of drug-likeness (QED) is 0.223. The van der Waals surface area contributed by atoms with Crippen LogP contribution in [0.3, 0.4) is 0 Å². The minimum Gasteiger partial charge on any atom is -0.298 e. The maximum absolute atomic E-state index is 6.30. The fourth-order valence-electron chi connectivity index (χ4n) is 2.89. The predicted molar refractivity (Wildman–Crippen MR) is 125 cm³/mol. The Hall–Kier alpha value is -1.93. The standard InChI is InChI=1S/C21H19ClN4S3/c1-4-9-26-19(17-12-27-14(3)13(17)2)24-25-21(26)29-11-15-10-28-20(23-15)16-7-5-6-8-18(16)22/h4-8,10,12H,1,9,11H2,2-3H3. The number of rotatable bonds is 7. The van der Waals surface area contributed by atoms with Gasteiger partial charge in [-0.2, -0.15) is 0 Å². The van der Waals surface area contributed by atoms with Crippen molar-refractivity contribution in [1.82, 2.24) is 19.7 Å². The normalized spacial score (nSPS) is 11.1. The van der Waals surface area contributed by atoms with E-state index in [-0.39, 0.29) is 0 Å². The number of thiophene rings is 1. The third-order valence-corrected chi connectivity index (χ3v) is 7.83.